The summed E-state index contributed by atoms with van der Waals surface area (Å²) in [5.74, 6) is -1.95. The molecule has 3 aromatic rings. The zero-order valence-corrected chi connectivity index (χ0v) is 25.0. The van der Waals surface area contributed by atoms with Crippen molar-refractivity contribution in [2.24, 2.45) is 11.7 Å². The SMILES string of the molecule is C[B]c1cc(C)cc(F)c1-c1nc(C(=O)Nc2cnccc2C2CC(N)C(OCCS(C)(=O)=O)C(CC)C2)ccc1F. The van der Waals surface area contributed by atoms with E-state index in [1.807, 2.05) is 13.0 Å². The minimum atomic E-state index is -3.15. The third-order valence-corrected chi connectivity index (χ3v) is 8.66. The van der Waals surface area contributed by atoms with Crippen molar-refractivity contribution < 1.29 is 26.7 Å². The highest BCUT2D eigenvalue weighted by atomic mass is 32.2. The summed E-state index contributed by atoms with van der Waals surface area (Å²) in [6.45, 7) is 5.59. The van der Waals surface area contributed by atoms with E-state index < -0.39 is 27.4 Å². The summed E-state index contributed by atoms with van der Waals surface area (Å²) in [7, 11) is -1.48. The molecule has 1 aliphatic rings. The van der Waals surface area contributed by atoms with Crippen LogP contribution in [0.1, 0.15) is 53.7 Å². The quantitative estimate of drug-likeness (QED) is 0.339. The lowest BCUT2D eigenvalue weighted by Crippen LogP contribution is -2.47. The fraction of sp³-hybridized carbons (Fsp3) is 0.433. The number of rotatable bonds is 10. The summed E-state index contributed by atoms with van der Waals surface area (Å²) >= 11 is 0. The van der Waals surface area contributed by atoms with Gasteiger partial charge in [-0.05, 0) is 67.0 Å². The Hall–Kier alpha value is -3.22. The molecule has 1 fully saturated rings. The van der Waals surface area contributed by atoms with Gasteiger partial charge in [-0.3, -0.25) is 9.78 Å². The molecule has 1 amide bonds. The Morgan fingerprint density at radius 1 is 1.19 bits per heavy atom. The Kier molecular flexibility index (Phi) is 10.1. The van der Waals surface area contributed by atoms with Crippen LogP contribution in [-0.2, 0) is 14.6 Å². The van der Waals surface area contributed by atoms with Gasteiger partial charge in [0.1, 0.15) is 40.1 Å². The van der Waals surface area contributed by atoms with E-state index in [9.17, 15) is 22.0 Å². The summed E-state index contributed by atoms with van der Waals surface area (Å²) in [6, 6.07) is 6.90. The summed E-state index contributed by atoms with van der Waals surface area (Å²) < 4.78 is 58.9. The van der Waals surface area contributed by atoms with Crippen LogP contribution in [0.25, 0.3) is 11.3 Å². The van der Waals surface area contributed by atoms with E-state index in [1.165, 1.54) is 18.4 Å². The van der Waals surface area contributed by atoms with Gasteiger partial charge in [0.25, 0.3) is 5.91 Å². The van der Waals surface area contributed by atoms with Crippen LogP contribution in [0.5, 0.6) is 0 Å². The number of nitrogens with zero attached hydrogens (tertiary/aromatic N) is 2. The van der Waals surface area contributed by atoms with Crippen LogP contribution in [0.4, 0.5) is 14.5 Å². The van der Waals surface area contributed by atoms with Crippen molar-refractivity contribution >= 4 is 34.2 Å². The number of aryl methyl sites for hydroxylation is 1. The van der Waals surface area contributed by atoms with Crippen LogP contribution < -0.4 is 16.5 Å². The monoisotopic (exact) mass is 597 g/mol. The average molecular weight is 598 g/mol. The Morgan fingerprint density at radius 3 is 2.64 bits per heavy atom. The normalized spacial score (nSPS) is 20.7. The van der Waals surface area contributed by atoms with Crippen LogP contribution >= 0.6 is 0 Å². The molecule has 8 nitrogen and oxygen atoms in total. The number of pyridine rings is 2. The van der Waals surface area contributed by atoms with Gasteiger partial charge >= 0.3 is 0 Å². The average Bonchev–Trinajstić information content (AvgIpc) is 2.93. The molecule has 1 aromatic carbocycles. The highest BCUT2D eigenvalue weighted by molar-refractivity contribution is 7.90. The van der Waals surface area contributed by atoms with Crippen molar-refractivity contribution in [2.45, 2.75) is 58.0 Å². The van der Waals surface area contributed by atoms with Crippen molar-refractivity contribution in [3.05, 3.63) is 71.2 Å². The second-order valence-corrected chi connectivity index (χ2v) is 13.2. The summed E-state index contributed by atoms with van der Waals surface area (Å²) in [4.78, 5) is 21.8. The third kappa shape index (κ3) is 7.40. The fourth-order valence-corrected chi connectivity index (χ4v) is 6.10. The molecule has 3 N–H and O–H groups in total. The first-order chi connectivity index (χ1) is 19.9. The lowest BCUT2D eigenvalue weighted by atomic mass is 9.69. The van der Waals surface area contributed by atoms with Gasteiger partial charge in [-0.1, -0.05) is 31.7 Å². The van der Waals surface area contributed by atoms with Crippen LogP contribution in [-0.4, -0.2) is 62.3 Å². The highest BCUT2D eigenvalue weighted by Gasteiger charge is 2.37. The van der Waals surface area contributed by atoms with Gasteiger partial charge in [0.15, 0.2) is 0 Å². The zero-order valence-electron chi connectivity index (χ0n) is 24.2. The van der Waals surface area contributed by atoms with Crippen LogP contribution in [0, 0.1) is 24.5 Å². The van der Waals surface area contributed by atoms with E-state index in [1.54, 1.807) is 39.5 Å². The van der Waals surface area contributed by atoms with Gasteiger partial charge in [0.05, 0.1) is 30.3 Å². The summed E-state index contributed by atoms with van der Waals surface area (Å²) in [6.07, 6.45) is 6.16. The van der Waals surface area contributed by atoms with Gasteiger partial charge in [-0.25, -0.2) is 22.2 Å². The molecule has 0 saturated heterocycles. The van der Waals surface area contributed by atoms with Gasteiger partial charge in [-0.15, -0.1) is 0 Å². The van der Waals surface area contributed by atoms with E-state index >= 15 is 0 Å². The second kappa shape index (κ2) is 13.4. The Bertz CT molecular complexity index is 1560. The van der Waals surface area contributed by atoms with Crippen molar-refractivity contribution in [2.75, 3.05) is 23.9 Å². The number of halogens is 2. The maximum absolute atomic E-state index is 15.0. The fourth-order valence-electron chi connectivity index (χ4n) is 5.70. The first kappa shape index (κ1) is 31.7. The maximum Gasteiger partial charge on any atom is 0.274 e. The number of carbonyl (C=O) groups is 1. The molecule has 2 heterocycles. The van der Waals surface area contributed by atoms with Gasteiger partial charge in [0.2, 0.25) is 0 Å². The molecule has 4 rings (SSSR count). The topological polar surface area (TPSA) is 124 Å². The minimum Gasteiger partial charge on any atom is -0.375 e. The standard InChI is InChI=1S/C30H36BF2N4O4S/c1-5-18-14-19(15-24(34)29(18)41-10-11-42(4,39)40)20-8-9-35-16-26(20)37-30(38)25-7-6-22(32)28(36-25)27-21(31-3)12-17(2)13-23(27)33/h6-9,12-13,16,18-19,24,29H,5,10-11,14-15,34H2,1-4H3,(H,37,38). The number of hydrogen-bond donors (Lipinski definition) is 2. The molecule has 0 bridgehead atoms. The molecule has 42 heavy (non-hydrogen) atoms. The van der Waals surface area contributed by atoms with E-state index in [0.29, 0.717) is 23.1 Å². The number of ether oxygens (including phenoxy) is 1. The van der Waals surface area contributed by atoms with E-state index in [2.05, 4.69) is 15.3 Å². The Balaban J connectivity index is 1.56. The van der Waals surface area contributed by atoms with Gasteiger partial charge in [-0.2, -0.15) is 0 Å². The molecule has 223 valence electrons. The summed E-state index contributed by atoms with van der Waals surface area (Å²) in [5, 5.41) is 2.86. The smallest absolute Gasteiger partial charge is 0.274 e. The number of sulfone groups is 1. The predicted molar refractivity (Wildman–Crippen MR) is 161 cm³/mol. The zero-order chi connectivity index (χ0) is 30.6. The van der Waals surface area contributed by atoms with Crippen LogP contribution in [0.2, 0.25) is 6.82 Å². The molecule has 0 spiro atoms. The van der Waals surface area contributed by atoms with Crippen LogP contribution in [0.15, 0.2) is 42.7 Å². The molecule has 1 radical (unpaired) electrons. The van der Waals surface area contributed by atoms with E-state index in [4.69, 9.17) is 10.5 Å². The van der Waals surface area contributed by atoms with Crippen molar-refractivity contribution in [1.29, 1.82) is 0 Å². The number of carbonyl (C=O) groups excluding carboxylic acids is 1. The number of benzene rings is 1. The lowest BCUT2D eigenvalue weighted by Gasteiger charge is -2.40. The van der Waals surface area contributed by atoms with Gasteiger partial charge < -0.3 is 15.8 Å². The van der Waals surface area contributed by atoms with E-state index in [0.717, 1.165) is 24.5 Å². The molecular formula is C30H36BF2N4O4S. The van der Waals surface area contributed by atoms with Crippen molar-refractivity contribution in [3.63, 3.8) is 0 Å². The number of aromatic nitrogens is 2. The first-order valence-electron chi connectivity index (χ1n) is 14.0. The number of nitrogens with one attached hydrogen (secondary N) is 1. The number of hydrogen-bond acceptors (Lipinski definition) is 7. The molecule has 2 aromatic heterocycles. The predicted octanol–water partition coefficient (Wildman–Crippen LogP) is 4.02. The second-order valence-electron chi connectivity index (χ2n) is 10.9. The number of amides is 1. The molecule has 0 aliphatic heterocycles. The minimum absolute atomic E-state index is 0.00701. The third-order valence-electron chi connectivity index (χ3n) is 7.75. The largest absolute Gasteiger partial charge is 0.375 e. The molecule has 12 heteroatoms. The summed E-state index contributed by atoms with van der Waals surface area (Å²) in [5.41, 5.74) is 8.69. The molecule has 4 atom stereocenters. The molecule has 4 unspecified atom stereocenters. The molecular weight excluding hydrogens is 561 g/mol. The number of nitrogens with two attached hydrogens (primary N) is 1. The molecule has 1 aliphatic carbocycles. The maximum atomic E-state index is 15.0. The van der Waals surface area contributed by atoms with E-state index in [-0.39, 0.29) is 53.3 Å². The van der Waals surface area contributed by atoms with Gasteiger partial charge in [0, 0.05) is 24.1 Å². The lowest BCUT2D eigenvalue weighted by molar-refractivity contribution is -0.0224. The Morgan fingerprint density at radius 2 is 1.95 bits per heavy atom. The van der Waals surface area contributed by atoms with Crippen molar-refractivity contribution in [1.82, 2.24) is 9.97 Å². The molecule has 1 saturated carbocycles. The first-order valence-corrected chi connectivity index (χ1v) is 16.0. The highest BCUT2D eigenvalue weighted by Crippen LogP contribution is 2.41. The number of anilines is 1. The van der Waals surface area contributed by atoms with Crippen LogP contribution in [0.3, 0.4) is 0 Å². The van der Waals surface area contributed by atoms with Crippen molar-refractivity contribution in [3.8, 4) is 11.3 Å². The Labute approximate surface area is 246 Å².